The van der Waals surface area contributed by atoms with Gasteiger partial charge in [-0.15, -0.1) is 0 Å². The molecule has 0 saturated heterocycles. The second-order valence-corrected chi connectivity index (χ2v) is 4.90. The lowest BCUT2D eigenvalue weighted by atomic mass is 10.1. The van der Waals surface area contributed by atoms with Gasteiger partial charge in [0.1, 0.15) is 5.76 Å². The molecule has 1 aliphatic heterocycles. The highest BCUT2D eigenvalue weighted by atomic mass is 79.9. The van der Waals surface area contributed by atoms with E-state index < -0.39 is 0 Å². The molecule has 1 aromatic carbocycles. The number of amides is 1. The van der Waals surface area contributed by atoms with E-state index in [1.54, 1.807) is 25.2 Å². The highest BCUT2D eigenvalue weighted by molar-refractivity contribution is 9.10. The van der Waals surface area contributed by atoms with Gasteiger partial charge in [0.25, 0.3) is 5.91 Å². The maximum atomic E-state index is 11.8. The normalized spacial score (nSPS) is 16.2. The third-order valence-electron chi connectivity index (χ3n) is 2.43. The van der Waals surface area contributed by atoms with Gasteiger partial charge >= 0.3 is 0 Å². The van der Waals surface area contributed by atoms with Crippen LogP contribution in [0.4, 0.5) is 0 Å². The van der Waals surface area contributed by atoms with Crippen molar-refractivity contribution in [2.45, 2.75) is 0 Å². The maximum absolute atomic E-state index is 11.8. The molecular formula is C11H9BrClNO2. The minimum atomic E-state index is -0.194. The van der Waals surface area contributed by atoms with Crippen LogP contribution >= 0.6 is 27.5 Å². The lowest BCUT2D eigenvalue weighted by molar-refractivity contribution is -0.122. The molecule has 0 aliphatic carbocycles. The second-order valence-electron chi connectivity index (χ2n) is 3.61. The molecule has 0 atom stereocenters. The third-order valence-corrected chi connectivity index (χ3v) is 3.36. The van der Waals surface area contributed by atoms with E-state index in [1.165, 1.54) is 4.90 Å². The van der Waals surface area contributed by atoms with Crippen molar-refractivity contribution in [2.75, 3.05) is 13.6 Å². The van der Waals surface area contributed by atoms with Gasteiger partial charge in [0.2, 0.25) is 0 Å². The van der Waals surface area contributed by atoms with Gasteiger partial charge in [-0.1, -0.05) is 27.5 Å². The highest BCUT2D eigenvalue weighted by Gasteiger charge is 2.29. The summed E-state index contributed by atoms with van der Waals surface area (Å²) in [4.78, 5) is 13.3. The SMILES string of the molecule is CN1CC(O)=C(c2cc(Cl)ccc2Br)C1=O. The van der Waals surface area contributed by atoms with Gasteiger partial charge in [-0.2, -0.15) is 0 Å². The number of halogens is 2. The summed E-state index contributed by atoms with van der Waals surface area (Å²) in [6.45, 7) is 0.243. The van der Waals surface area contributed by atoms with Crippen LogP contribution in [-0.2, 0) is 4.79 Å². The molecule has 0 radical (unpaired) electrons. The van der Waals surface area contributed by atoms with Crippen LogP contribution in [0.2, 0.25) is 5.02 Å². The number of carbonyl (C=O) groups excluding carboxylic acids is 1. The Hall–Kier alpha value is -1.00. The van der Waals surface area contributed by atoms with Gasteiger partial charge in [0, 0.05) is 22.1 Å². The van der Waals surface area contributed by atoms with E-state index in [0.29, 0.717) is 16.2 Å². The Labute approximate surface area is 106 Å². The Balaban J connectivity index is 2.57. The predicted molar refractivity (Wildman–Crippen MR) is 66.3 cm³/mol. The first-order chi connectivity index (χ1) is 7.50. The smallest absolute Gasteiger partial charge is 0.258 e. The molecular weight excluding hydrogens is 293 g/mol. The van der Waals surface area contributed by atoms with Crippen LogP contribution in [0, 0.1) is 0 Å². The van der Waals surface area contributed by atoms with Crippen molar-refractivity contribution >= 4 is 39.0 Å². The topological polar surface area (TPSA) is 40.5 Å². The largest absolute Gasteiger partial charge is 0.510 e. The minimum absolute atomic E-state index is 0.0791. The number of benzene rings is 1. The van der Waals surface area contributed by atoms with Crippen LogP contribution in [0.1, 0.15) is 5.56 Å². The predicted octanol–water partition coefficient (Wildman–Crippen LogP) is 2.84. The number of nitrogens with zero attached hydrogens (tertiary/aromatic N) is 1. The quantitative estimate of drug-likeness (QED) is 0.866. The Bertz CT molecular complexity index is 499. The number of hydrogen-bond donors (Lipinski definition) is 1. The minimum Gasteiger partial charge on any atom is -0.510 e. The molecule has 2 rings (SSSR count). The van der Waals surface area contributed by atoms with Crippen molar-refractivity contribution in [1.29, 1.82) is 0 Å². The van der Waals surface area contributed by atoms with Gasteiger partial charge in [0.05, 0.1) is 12.1 Å². The summed E-state index contributed by atoms with van der Waals surface area (Å²) in [6.07, 6.45) is 0. The molecule has 0 fully saturated rings. The van der Waals surface area contributed by atoms with Crippen molar-refractivity contribution in [3.05, 3.63) is 39.0 Å². The summed E-state index contributed by atoms with van der Waals surface area (Å²) in [5, 5.41) is 10.3. The molecule has 5 heteroatoms. The maximum Gasteiger partial charge on any atom is 0.258 e. The van der Waals surface area contributed by atoms with Gasteiger partial charge in [0.15, 0.2) is 0 Å². The summed E-state index contributed by atoms with van der Waals surface area (Å²) in [6, 6.07) is 5.13. The van der Waals surface area contributed by atoms with Crippen LogP contribution in [-0.4, -0.2) is 29.5 Å². The fourth-order valence-corrected chi connectivity index (χ4v) is 2.27. The van der Waals surface area contributed by atoms with Crippen LogP contribution < -0.4 is 0 Å². The number of hydrogen-bond acceptors (Lipinski definition) is 2. The molecule has 1 aromatic rings. The lowest BCUT2D eigenvalue weighted by Crippen LogP contribution is -2.21. The summed E-state index contributed by atoms with van der Waals surface area (Å²) < 4.78 is 0.738. The summed E-state index contributed by atoms with van der Waals surface area (Å²) in [7, 11) is 1.64. The molecule has 0 unspecified atom stereocenters. The zero-order chi connectivity index (χ0) is 11.9. The molecule has 0 saturated carbocycles. The zero-order valence-electron chi connectivity index (χ0n) is 8.50. The number of aliphatic hydroxyl groups is 1. The molecule has 1 aliphatic rings. The van der Waals surface area contributed by atoms with Gasteiger partial charge in [-0.05, 0) is 18.2 Å². The van der Waals surface area contributed by atoms with E-state index >= 15 is 0 Å². The van der Waals surface area contributed by atoms with Crippen LogP contribution in [0.15, 0.2) is 28.4 Å². The zero-order valence-corrected chi connectivity index (χ0v) is 10.8. The Morgan fingerprint density at radius 3 is 2.75 bits per heavy atom. The van der Waals surface area contributed by atoms with E-state index in [2.05, 4.69) is 15.9 Å². The monoisotopic (exact) mass is 301 g/mol. The van der Waals surface area contributed by atoms with E-state index in [4.69, 9.17) is 11.6 Å². The van der Waals surface area contributed by atoms with Crippen LogP contribution in [0.5, 0.6) is 0 Å². The van der Waals surface area contributed by atoms with E-state index in [-0.39, 0.29) is 18.2 Å². The summed E-state index contributed by atoms with van der Waals surface area (Å²) in [5.41, 5.74) is 0.941. The molecule has 0 aromatic heterocycles. The van der Waals surface area contributed by atoms with Crippen molar-refractivity contribution in [3.63, 3.8) is 0 Å². The second kappa shape index (κ2) is 4.11. The van der Waals surface area contributed by atoms with Gasteiger partial charge in [-0.25, -0.2) is 0 Å². The molecule has 0 bridgehead atoms. The van der Waals surface area contributed by atoms with Gasteiger partial charge < -0.3 is 10.0 Å². The first-order valence-electron chi connectivity index (χ1n) is 4.63. The van der Waals surface area contributed by atoms with Crippen molar-refractivity contribution in [3.8, 4) is 0 Å². The number of likely N-dealkylation sites (N-methyl/N-ethyl adjacent to an activating group) is 1. The van der Waals surface area contributed by atoms with E-state index in [9.17, 15) is 9.90 Å². The Kier molecular flexibility index (Phi) is 2.95. The molecule has 84 valence electrons. The number of aliphatic hydroxyl groups excluding tert-OH is 1. The first kappa shape index (κ1) is 11.5. The average Bonchev–Trinajstić information content (AvgIpc) is 2.46. The number of rotatable bonds is 1. The molecule has 16 heavy (non-hydrogen) atoms. The molecule has 1 amide bonds. The van der Waals surface area contributed by atoms with Crippen LogP contribution in [0.25, 0.3) is 5.57 Å². The van der Waals surface area contributed by atoms with Crippen molar-refractivity contribution in [1.82, 2.24) is 4.90 Å². The van der Waals surface area contributed by atoms with E-state index in [1.807, 2.05) is 0 Å². The average molecular weight is 303 g/mol. The fraction of sp³-hybridized carbons (Fsp3) is 0.182. The fourth-order valence-electron chi connectivity index (χ4n) is 1.65. The third kappa shape index (κ3) is 1.83. The summed E-state index contributed by atoms with van der Waals surface area (Å²) >= 11 is 9.22. The lowest BCUT2D eigenvalue weighted by Gasteiger charge is -2.08. The highest BCUT2D eigenvalue weighted by Crippen LogP contribution is 2.32. The van der Waals surface area contributed by atoms with Gasteiger partial charge in [-0.3, -0.25) is 4.79 Å². The standard InChI is InChI=1S/C11H9BrClNO2/c1-14-5-9(15)10(11(14)16)7-4-6(13)2-3-8(7)12/h2-4,15H,5H2,1H3. The molecule has 0 spiro atoms. The molecule has 3 nitrogen and oxygen atoms in total. The van der Waals surface area contributed by atoms with E-state index in [0.717, 1.165) is 4.47 Å². The summed E-state index contributed by atoms with van der Waals surface area (Å²) in [5.74, 6) is -0.115. The Morgan fingerprint density at radius 1 is 1.50 bits per heavy atom. The van der Waals surface area contributed by atoms with Crippen LogP contribution in [0.3, 0.4) is 0 Å². The van der Waals surface area contributed by atoms with Crippen molar-refractivity contribution in [2.24, 2.45) is 0 Å². The molecule has 1 heterocycles. The van der Waals surface area contributed by atoms with Crippen molar-refractivity contribution < 1.29 is 9.90 Å². The Morgan fingerprint density at radius 2 is 2.19 bits per heavy atom. The first-order valence-corrected chi connectivity index (χ1v) is 5.81. The molecule has 1 N–H and O–H groups in total. The number of carbonyl (C=O) groups is 1.